The third-order valence-electron chi connectivity index (χ3n) is 3.33. The molecule has 0 radical (unpaired) electrons. The highest BCUT2D eigenvalue weighted by Gasteiger charge is 2.13. The first-order chi connectivity index (χ1) is 13.1. The van der Waals surface area contributed by atoms with Gasteiger partial charge in [-0.25, -0.2) is 0 Å². The Morgan fingerprint density at radius 3 is 2.74 bits per heavy atom. The Morgan fingerprint density at radius 1 is 1.22 bits per heavy atom. The van der Waals surface area contributed by atoms with E-state index >= 15 is 0 Å². The molecular formula is C17H16N4O4S2. The summed E-state index contributed by atoms with van der Waals surface area (Å²) < 4.78 is 10.9. The highest BCUT2D eigenvalue weighted by molar-refractivity contribution is 8.01. The molecule has 3 aromatic rings. The minimum Gasteiger partial charge on any atom is -0.497 e. The van der Waals surface area contributed by atoms with Gasteiger partial charge in [-0.3, -0.25) is 14.9 Å². The van der Waals surface area contributed by atoms with Gasteiger partial charge in [-0.05, 0) is 36.4 Å². The Hall–Kier alpha value is -2.85. The summed E-state index contributed by atoms with van der Waals surface area (Å²) in [6.07, 6.45) is 1.60. The third-order valence-corrected chi connectivity index (χ3v) is 5.35. The van der Waals surface area contributed by atoms with Crippen molar-refractivity contribution in [3.05, 3.63) is 54.0 Å². The van der Waals surface area contributed by atoms with Crippen LogP contribution in [0.1, 0.15) is 16.1 Å². The van der Waals surface area contributed by atoms with Crippen LogP contribution in [0.25, 0.3) is 0 Å². The zero-order chi connectivity index (χ0) is 19.1. The number of hydrogen-bond donors (Lipinski definition) is 2. The number of imide groups is 1. The van der Waals surface area contributed by atoms with Crippen LogP contribution in [0.3, 0.4) is 0 Å². The molecule has 0 fully saturated rings. The minimum absolute atomic E-state index is 0.0642. The van der Waals surface area contributed by atoms with Crippen molar-refractivity contribution >= 4 is 40.0 Å². The van der Waals surface area contributed by atoms with Gasteiger partial charge in [-0.15, -0.1) is 10.2 Å². The van der Waals surface area contributed by atoms with Crippen LogP contribution in [0.5, 0.6) is 5.75 Å². The number of ether oxygens (including phenoxy) is 1. The number of anilines is 1. The van der Waals surface area contributed by atoms with Crippen LogP contribution in [0, 0.1) is 0 Å². The predicted molar refractivity (Wildman–Crippen MR) is 102 cm³/mol. The SMILES string of the molecule is COc1ccc(C(=O)NC(=O)CSc2nnc(NCc3ccco3)s2)cc1. The lowest BCUT2D eigenvalue weighted by molar-refractivity contribution is -0.117. The highest BCUT2D eigenvalue weighted by atomic mass is 32.2. The van der Waals surface area contributed by atoms with E-state index in [4.69, 9.17) is 9.15 Å². The van der Waals surface area contributed by atoms with Crippen molar-refractivity contribution in [1.82, 2.24) is 15.5 Å². The standard InChI is InChI=1S/C17H16N4O4S2/c1-24-12-6-4-11(5-7-12)15(23)19-14(22)10-26-17-21-20-16(27-17)18-9-13-3-2-8-25-13/h2-8H,9-10H2,1H3,(H,18,20)(H,19,22,23). The Balaban J connectivity index is 1.43. The highest BCUT2D eigenvalue weighted by Crippen LogP contribution is 2.25. The predicted octanol–water partition coefficient (Wildman–Crippen LogP) is 2.80. The number of furan rings is 1. The van der Waals surface area contributed by atoms with E-state index in [9.17, 15) is 9.59 Å². The Bertz CT molecular complexity index is 894. The van der Waals surface area contributed by atoms with Crippen LogP contribution in [-0.4, -0.2) is 34.9 Å². The van der Waals surface area contributed by atoms with E-state index in [1.54, 1.807) is 37.6 Å². The fraction of sp³-hybridized carbons (Fsp3) is 0.176. The second kappa shape index (κ2) is 9.19. The summed E-state index contributed by atoms with van der Waals surface area (Å²) in [6, 6.07) is 10.2. The zero-order valence-electron chi connectivity index (χ0n) is 14.3. The number of hydrogen-bond acceptors (Lipinski definition) is 9. The van der Waals surface area contributed by atoms with Crippen LogP contribution in [0.2, 0.25) is 0 Å². The molecule has 8 nitrogen and oxygen atoms in total. The molecule has 0 atom stereocenters. The molecule has 140 valence electrons. The van der Waals surface area contributed by atoms with E-state index in [1.807, 2.05) is 12.1 Å². The van der Waals surface area contributed by atoms with Gasteiger partial charge in [-0.2, -0.15) is 0 Å². The van der Waals surface area contributed by atoms with Crippen LogP contribution in [0.15, 0.2) is 51.4 Å². The van der Waals surface area contributed by atoms with Gasteiger partial charge in [0.25, 0.3) is 5.91 Å². The number of amides is 2. The number of nitrogens with one attached hydrogen (secondary N) is 2. The number of methoxy groups -OCH3 is 1. The van der Waals surface area contributed by atoms with Crippen molar-refractivity contribution in [2.75, 3.05) is 18.2 Å². The number of aromatic nitrogens is 2. The van der Waals surface area contributed by atoms with Gasteiger partial charge in [0.2, 0.25) is 11.0 Å². The molecule has 0 spiro atoms. The molecule has 2 amide bonds. The lowest BCUT2D eigenvalue weighted by Crippen LogP contribution is -2.31. The van der Waals surface area contributed by atoms with Gasteiger partial charge in [0.15, 0.2) is 4.34 Å². The zero-order valence-corrected chi connectivity index (χ0v) is 15.9. The fourth-order valence-corrected chi connectivity index (χ4v) is 3.57. The molecule has 10 heteroatoms. The molecule has 0 saturated carbocycles. The van der Waals surface area contributed by atoms with E-state index < -0.39 is 11.8 Å². The first kappa shape index (κ1) is 18.9. The van der Waals surface area contributed by atoms with E-state index in [-0.39, 0.29) is 5.75 Å². The largest absolute Gasteiger partial charge is 0.497 e. The number of carbonyl (C=O) groups excluding carboxylic acids is 2. The second-order valence-corrected chi connectivity index (χ2v) is 7.40. The van der Waals surface area contributed by atoms with E-state index in [2.05, 4.69) is 20.8 Å². The van der Waals surface area contributed by atoms with Crippen molar-refractivity contribution in [2.24, 2.45) is 0 Å². The molecule has 0 unspecified atom stereocenters. The van der Waals surface area contributed by atoms with Crippen molar-refractivity contribution in [3.8, 4) is 5.75 Å². The van der Waals surface area contributed by atoms with Crippen molar-refractivity contribution < 1.29 is 18.7 Å². The van der Waals surface area contributed by atoms with Crippen LogP contribution in [0.4, 0.5) is 5.13 Å². The van der Waals surface area contributed by atoms with Crippen molar-refractivity contribution in [1.29, 1.82) is 0 Å². The maximum absolute atomic E-state index is 12.0. The first-order valence-corrected chi connectivity index (χ1v) is 9.65. The lowest BCUT2D eigenvalue weighted by Gasteiger charge is -2.04. The van der Waals surface area contributed by atoms with E-state index in [1.165, 1.54) is 23.1 Å². The van der Waals surface area contributed by atoms with Gasteiger partial charge in [0.05, 0.1) is 25.7 Å². The summed E-state index contributed by atoms with van der Waals surface area (Å²) in [4.78, 5) is 24.0. The fourth-order valence-electron chi connectivity index (χ4n) is 2.02. The molecule has 0 aliphatic heterocycles. The monoisotopic (exact) mass is 404 g/mol. The molecule has 0 aliphatic carbocycles. The molecule has 2 aromatic heterocycles. The number of carbonyl (C=O) groups is 2. The molecule has 1 aromatic carbocycles. The maximum Gasteiger partial charge on any atom is 0.257 e. The van der Waals surface area contributed by atoms with Crippen LogP contribution < -0.4 is 15.4 Å². The Morgan fingerprint density at radius 2 is 2.04 bits per heavy atom. The molecule has 27 heavy (non-hydrogen) atoms. The van der Waals surface area contributed by atoms with Gasteiger partial charge in [0.1, 0.15) is 11.5 Å². The average Bonchev–Trinajstić information content (AvgIpc) is 3.36. The summed E-state index contributed by atoms with van der Waals surface area (Å²) in [5, 5.41) is 14.1. The average molecular weight is 404 g/mol. The van der Waals surface area contributed by atoms with Crippen molar-refractivity contribution in [2.45, 2.75) is 10.9 Å². The quantitative estimate of drug-likeness (QED) is 0.552. The number of rotatable bonds is 8. The summed E-state index contributed by atoms with van der Waals surface area (Å²) in [7, 11) is 1.54. The smallest absolute Gasteiger partial charge is 0.257 e. The van der Waals surface area contributed by atoms with Crippen LogP contribution in [-0.2, 0) is 11.3 Å². The topological polar surface area (TPSA) is 106 Å². The molecule has 2 N–H and O–H groups in total. The Kier molecular flexibility index (Phi) is 6.44. The summed E-state index contributed by atoms with van der Waals surface area (Å²) in [6.45, 7) is 0.503. The van der Waals surface area contributed by atoms with Crippen molar-refractivity contribution in [3.63, 3.8) is 0 Å². The first-order valence-electron chi connectivity index (χ1n) is 7.85. The molecule has 0 bridgehead atoms. The van der Waals surface area contributed by atoms with Crippen LogP contribution >= 0.6 is 23.1 Å². The van der Waals surface area contributed by atoms with Gasteiger partial charge in [0, 0.05) is 5.56 Å². The van der Waals surface area contributed by atoms with E-state index in [0.29, 0.717) is 27.3 Å². The molecule has 0 aliphatic rings. The number of nitrogens with zero attached hydrogens (tertiary/aromatic N) is 2. The van der Waals surface area contributed by atoms with Gasteiger partial charge < -0.3 is 14.5 Å². The maximum atomic E-state index is 12.0. The normalized spacial score (nSPS) is 10.4. The minimum atomic E-state index is -0.457. The molecular weight excluding hydrogens is 388 g/mol. The summed E-state index contributed by atoms with van der Waals surface area (Å²) in [5.41, 5.74) is 0.384. The molecule has 2 heterocycles. The second-order valence-electron chi connectivity index (χ2n) is 5.20. The molecule has 0 saturated heterocycles. The number of benzene rings is 1. The Labute approximate surface area is 163 Å². The van der Waals surface area contributed by atoms with Gasteiger partial charge >= 0.3 is 0 Å². The summed E-state index contributed by atoms with van der Waals surface area (Å²) in [5.74, 6) is 0.633. The molecule has 3 rings (SSSR count). The lowest BCUT2D eigenvalue weighted by atomic mass is 10.2. The summed E-state index contributed by atoms with van der Waals surface area (Å²) >= 11 is 2.54. The van der Waals surface area contributed by atoms with Gasteiger partial charge in [-0.1, -0.05) is 23.1 Å². The van der Waals surface area contributed by atoms with E-state index in [0.717, 1.165) is 5.76 Å². The third kappa shape index (κ3) is 5.56. The number of thioether (sulfide) groups is 1.